The minimum absolute atomic E-state index is 0.206. The van der Waals surface area contributed by atoms with E-state index in [0.717, 1.165) is 23.0 Å². The van der Waals surface area contributed by atoms with E-state index in [-0.39, 0.29) is 12.1 Å². The molecular formula is C19H18ClN2O2. The van der Waals surface area contributed by atoms with Gasteiger partial charge in [0.05, 0.1) is 18.0 Å². The molecule has 1 saturated carbocycles. The Bertz CT molecular complexity index is 714. The Morgan fingerprint density at radius 3 is 2.83 bits per heavy atom. The van der Waals surface area contributed by atoms with Gasteiger partial charge in [-0.1, -0.05) is 18.5 Å². The van der Waals surface area contributed by atoms with Crippen molar-refractivity contribution in [1.82, 2.24) is 4.98 Å². The van der Waals surface area contributed by atoms with Gasteiger partial charge >= 0.3 is 5.97 Å². The molecule has 0 aliphatic heterocycles. The third-order valence-electron chi connectivity index (χ3n) is 3.85. The summed E-state index contributed by atoms with van der Waals surface area (Å²) in [7, 11) is 0. The minimum Gasteiger partial charge on any atom is -0.460 e. The number of ether oxygens (including phenoxy) is 1. The van der Waals surface area contributed by atoms with Crippen LogP contribution in [0.2, 0.25) is 5.02 Å². The van der Waals surface area contributed by atoms with Gasteiger partial charge in [-0.2, -0.15) is 0 Å². The number of fused-ring (bicyclic) bond motifs is 1. The van der Waals surface area contributed by atoms with Crippen molar-refractivity contribution in [2.24, 2.45) is 0 Å². The predicted molar refractivity (Wildman–Crippen MR) is 95.9 cm³/mol. The van der Waals surface area contributed by atoms with Crippen LogP contribution < -0.4 is 5.32 Å². The number of anilines is 1. The molecule has 1 unspecified atom stereocenters. The van der Waals surface area contributed by atoms with Gasteiger partial charge in [0.15, 0.2) is 0 Å². The first kappa shape index (κ1) is 17.0. The van der Waals surface area contributed by atoms with Gasteiger partial charge in [0.1, 0.15) is 6.10 Å². The Morgan fingerprint density at radius 1 is 1.29 bits per heavy atom. The van der Waals surface area contributed by atoms with Gasteiger partial charge in [-0.3, -0.25) is 9.78 Å². The van der Waals surface area contributed by atoms with Gasteiger partial charge in [0.2, 0.25) is 0 Å². The average molecular weight is 342 g/mol. The van der Waals surface area contributed by atoms with Crippen LogP contribution in [0.5, 0.6) is 0 Å². The molecule has 5 radical (unpaired) electrons. The summed E-state index contributed by atoms with van der Waals surface area (Å²) in [6.45, 7) is 2.53. The van der Waals surface area contributed by atoms with E-state index in [0.29, 0.717) is 17.5 Å². The summed E-state index contributed by atoms with van der Waals surface area (Å²) in [6.07, 6.45) is 9.41. The number of carbonyl (C=O) groups excluding carboxylic acids is 1. The number of rotatable bonds is 6. The van der Waals surface area contributed by atoms with E-state index in [1.807, 2.05) is 44.0 Å². The summed E-state index contributed by atoms with van der Waals surface area (Å²) >= 11 is 6.01. The first-order chi connectivity index (χ1) is 11.7. The molecule has 123 valence electrons. The maximum Gasteiger partial charge on any atom is 0.314 e. The summed E-state index contributed by atoms with van der Waals surface area (Å²) in [5, 5.41) is 4.99. The first-order valence-corrected chi connectivity index (χ1v) is 8.26. The van der Waals surface area contributed by atoms with Crippen LogP contribution in [0.3, 0.4) is 0 Å². The van der Waals surface area contributed by atoms with Crippen LogP contribution in [0.15, 0.2) is 30.5 Å². The molecule has 0 amide bonds. The molecule has 3 rings (SSSR count). The van der Waals surface area contributed by atoms with Gasteiger partial charge in [-0.25, -0.2) is 0 Å². The number of benzene rings is 1. The third kappa shape index (κ3) is 3.99. The van der Waals surface area contributed by atoms with Crippen LogP contribution >= 0.6 is 11.6 Å². The number of esters is 1. The van der Waals surface area contributed by atoms with Crippen molar-refractivity contribution >= 4 is 34.2 Å². The maximum absolute atomic E-state index is 12.1. The Labute approximate surface area is 147 Å². The molecule has 1 aromatic heterocycles. The highest BCUT2D eigenvalue weighted by Gasteiger charge is 2.27. The van der Waals surface area contributed by atoms with Gasteiger partial charge < -0.3 is 10.1 Å². The number of hydrogen-bond acceptors (Lipinski definition) is 4. The molecule has 5 heteroatoms. The van der Waals surface area contributed by atoms with Crippen molar-refractivity contribution in [1.29, 1.82) is 0 Å². The molecule has 0 spiro atoms. The fourth-order valence-corrected chi connectivity index (χ4v) is 2.66. The Morgan fingerprint density at radius 2 is 2.08 bits per heavy atom. The van der Waals surface area contributed by atoms with Gasteiger partial charge in [0, 0.05) is 22.3 Å². The van der Waals surface area contributed by atoms with E-state index in [4.69, 9.17) is 16.3 Å². The van der Waals surface area contributed by atoms with E-state index < -0.39 is 0 Å². The van der Waals surface area contributed by atoms with Crippen molar-refractivity contribution in [3.63, 3.8) is 0 Å². The lowest BCUT2D eigenvalue weighted by atomic mass is 10.1. The highest BCUT2D eigenvalue weighted by Crippen LogP contribution is 2.26. The largest absolute Gasteiger partial charge is 0.460 e. The van der Waals surface area contributed by atoms with Crippen LogP contribution in [0.1, 0.15) is 13.3 Å². The Kier molecular flexibility index (Phi) is 5.56. The Balaban J connectivity index is 1.64. The molecule has 1 aliphatic rings. The normalized spacial score (nSPS) is 16.2. The van der Waals surface area contributed by atoms with Gasteiger partial charge in [0.25, 0.3) is 0 Å². The molecule has 4 nitrogen and oxygen atoms in total. The lowest BCUT2D eigenvalue weighted by Gasteiger charge is -2.20. The molecule has 0 bridgehead atoms. The third-order valence-corrected chi connectivity index (χ3v) is 4.09. The molecule has 24 heavy (non-hydrogen) atoms. The zero-order valence-electron chi connectivity index (χ0n) is 13.3. The van der Waals surface area contributed by atoms with Crippen LogP contribution in [-0.4, -0.2) is 23.6 Å². The van der Waals surface area contributed by atoms with Crippen LogP contribution in [-0.2, 0) is 9.53 Å². The maximum atomic E-state index is 12.1. The number of hydrogen-bond donors (Lipinski definition) is 1. The smallest absolute Gasteiger partial charge is 0.314 e. The predicted octanol–water partition coefficient (Wildman–Crippen LogP) is 4.03. The van der Waals surface area contributed by atoms with E-state index in [9.17, 15) is 4.79 Å². The van der Waals surface area contributed by atoms with Crippen molar-refractivity contribution < 1.29 is 9.53 Å². The fraction of sp³-hybridized carbons (Fsp3) is 0.211. The topological polar surface area (TPSA) is 51.2 Å². The monoisotopic (exact) mass is 341 g/mol. The molecular weight excluding hydrogens is 324 g/mol. The van der Waals surface area contributed by atoms with Crippen molar-refractivity contribution in [2.75, 3.05) is 11.9 Å². The standard InChI is InChI=1S/C19H18ClN2O2/c1-2-15(24-19(23)13-5-3-4-6-13)12-22-17-9-10-21-18-11-14(20)7-8-16(17)18/h3-11,15H,2,12H2,1H3,(H,21,22). The Hall–Kier alpha value is -1.81. The van der Waals surface area contributed by atoms with Crippen molar-refractivity contribution in [2.45, 2.75) is 19.4 Å². The highest BCUT2D eigenvalue weighted by molar-refractivity contribution is 6.31. The zero-order chi connectivity index (χ0) is 16.9. The van der Waals surface area contributed by atoms with E-state index in [2.05, 4.69) is 10.3 Å². The number of halogens is 1. The summed E-state index contributed by atoms with van der Waals surface area (Å²) in [4.78, 5) is 16.4. The second-order valence-electron chi connectivity index (χ2n) is 5.51. The van der Waals surface area contributed by atoms with Crippen molar-refractivity contribution in [3.8, 4) is 0 Å². The fourth-order valence-electron chi connectivity index (χ4n) is 2.50. The molecule has 1 fully saturated rings. The molecule has 1 heterocycles. The zero-order valence-corrected chi connectivity index (χ0v) is 14.1. The van der Waals surface area contributed by atoms with Crippen molar-refractivity contribution in [3.05, 3.63) is 67.1 Å². The summed E-state index contributed by atoms with van der Waals surface area (Å²) < 4.78 is 5.56. The number of nitrogens with one attached hydrogen (secondary N) is 1. The van der Waals surface area contributed by atoms with E-state index in [1.165, 1.54) is 0 Å². The number of carbonyl (C=O) groups is 1. The number of nitrogens with zero attached hydrogens (tertiary/aromatic N) is 1. The van der Waals surface area contributed by atoms with Gasteiger partial charge in [-0.15, -0.1) is 0 Å². The number of aromatic nitrogens is 1. The summed E-state index contributed by atoms with van der Waals surface area (Å²) in [5.74, 6) is 0.289. The first-order valence-electron chi connectivity index (χ1n) is 7.88. The quantitative estimate of drug-likeness (QED) is 0.806. The molecule has 1 aliphatic carbocycles. The highest BCUT2D eigenvalue weighted by atomic mass is 35.5. The van der Waals surface area contributed by atoms with E-state index in [1.54, 1.807) is 19.0 Å². The molecule has 1 aromatic carbocycles. The molecule has 1 atom stereocenters. The van der Waals surface area contributed by atoms with E-state index >= 15 is 0 Å². The second-order valence-corrected chi connectivity index (χ2v) is 5.95. The van der Waals surface area contributed by atoms with Gasteiger partial charge in [-0.05, 0) is 56.4 Å². The SMILES string of the molecule is CCC(CNc1ccnc2cc(Cl)ccc12)OC(=O)[C]1[CH][CH][CH][CH]1. The van der Waals surface area contributed by atoms with Crippen LogP contribution in [0.25, 0.3) is 10.9 Å². The lowest BCUT2D eigenvalue weighted by Crippen LogP contribution is -2.28. The average Bonchev–Trinajstić information content (AvgIpc) is 3.12. The van der Waals surface area contributed by atoms with Crippen LogP contribution in [0, 0.1) is 31.6 Å². The molecule has 0 saturated heterocycles. The summed E-state index contributed by atoms with van der Waals surface area (Å²) in [6, 6.07) is 7.50. The second kappa shape index (κ2) is 7.84. The minimum atomic E-state index is -0.292. The lowest BCUT2D eigenvalue weighted by molar-refractivity contribution is -0.145. The molecule has 1 N–H and O–H groups in total. The van der Waals surface area contributed by atoms with Crippen LogP contribution in [0.4, 0.5) is 5.69 Å². The number of pyridine rings is 1. The molecule has 2 aromatic rings. The summed E-state index contributed by atoms with van der Waals surface area (Å²) in [5.41, 5.74) is 1.77.